The normalized spacial score (nSPS) is 15.7. The van der Waals surface area contributed by atoms with Crippen molar-refractivity contribution in [3.63, 3.8) is 0 Å². The van der Waals surface area contributed by atoms with Crippen LogP contribution in [0.4, 0.5) is 10.1 Å². The van der Waals surface area contributed by atoms with Gasteiger partial charge in [0.2, 0.25) is 15.9 Å². The lowest BCUT2D eigenvalue weighted by Crippen LogP contribution is -2.31. The van der Waals surface area contributed by atoms with Crippen molar-refractivity contribution in [2.24, 2.45) is 0 Å². The monoisotopic (exact) mass is 418 g/mol. The van der Waals surface area contributed by atoms with Crippen molar-refractivity contribution in [2.75, 3.05) is 18.4 Å². The predicted octanol–water partition coefficient (Wildman–Crippen LogP) is 4.27. The number of hydrogen-bond acceptors (Lipinski definition) is 3. The van der Waals surface area contributed by atoms with Crippen molar-refractivity contribution in [3.8, 4) is 0 Å². The summed E-state index contributed by atoms with van der Waals surface area (Å²) in [5, 5.41) is 2.78. The summed E-state index contributed by atoms with van der Waals surface area (Å²) in [5.74, 6) is -0.503. The molecule has 2 aromatic rings. The first-order valence-corrected chi connectivity index (χ1v) is 11.5. The van der Waals surface area contributed by atoms with Crippen LogP contribution < -0.4 is 5.32 Å². The van der Waals surface area contributed by atoms with Gasteiger partial charge in [0.05, 0.1) is 4.90 Å². The minimum Gasteiger partial charge on any atom is -0.326 e. The molecule has 0 aliphatic carbocycles. The first-order valence-electron chi connectivity index (χ1n) is 10.0. The molecule has 1 aliphatic rings. The zero-order valence-corrected chi connectivity index (χ0v) is 17.5. The van der Waals surface area contributed by atoms with Crippen LogP contribution in [0.5, 0.6) is 0 Å². The maximum absolute atomic E-state index is 13.2. The average molecular weight is 419 g/mol. The molecule has 0 atom stereocenters. The number of carbonyl (C=O) groups excluding carboxylic acids is 1. The quantitative estimate of drug-likeness (QED) is 0.762. The topological polar surface area (TPSA) is 66.5 Å². The van der Waals surface area contributed by atoms with Crippen LogP contribution in [-0.2, 0) is 21.2 Å². The van der Waals surface area contributed by atoms with E-state index < -0.39 is 10.0 Å². The van der Waals surface area contributed by atoms with Crippen LogP contribution in [-0.4, -0.2) is 31.7 Å². The third-order valence-corrected chi connectivity index (χ3v) is 7.14. The fraction of sp³-hybridized carbons (Fsp3) is 0.409. The predicted molar refractivity (Wildman–Crippen MR) is 112 cm³/mol. The Bertz CT molecular complexity index is 951. The SMILES string of the molecule is Cc1cc(F)ccc1NC(=O)CCc1ccc(S(=O)(=O)N2CCCCCC2)cc1. The highest BCUT2D eigenvalue weighted by atomic mass is 32.2. The lowest BCUT2D eigenvalue weighted by Gasteiger charge is -2.20. The van der Waals surface area contributed by atoms with Crippen LogP contribution in [0.15, 0.2) is 47.4 Å². The van der Waals surface area contributed by atoms with Gasteiger partial charge in [-0.3, -0.25) is 4.79 Å². The number of aryl methyl sites for hydroxylation is 2. The van der Waals surface area contributed by atoms with Gasteiger partial charge in [0.15, 0.2) is 0 Å². The van der Waals surface area contributed by atoms with Crippen LogP contribution in [0.2, 0.25) is 0 Å². The van der Waals surface area contributed by atoms with Gasteiger partial charge in [0, 0.05) is 25.2 Å². The average Bonchev–Trinajstić information content (AvgIpc) is 2.99. The molecule has 5 nitrogen and oxygen atoms in total. The number of nitrogens with zero attached hydrogens (tertiary/aromatic N) is 1. The van der Waals surface area contributed by atoms with E-state index in [2.05, 4.69) is 5.32 Å². The van der Waals surface area contributed by atoms with Gasteiger partial charge < -0.3 is 5.32 Å². The number of rotatable bonds is 6. The molecule has 156 valence electrons. The number of anilines is 1. The first kappa shape index (κ1) is 21.5. The molecule has 3 rings (SSSR count). The highest BCUT2D eigenvalue weighted by Gasteiger charge is 2.24. The Balaban J connectivity index is 1.58. The van der Waals surface area contributed by atoms with E-state index in [1.165, 1.54) is 12.1 Å². The van der Waals surface area contributed by atoms with E-state index in [0.29, 0.717) is 35.7 Å². The summed E-state index contributed by atoms with van der Waals surface area (Å²) in [6.45, 7) is 2.89. The first-order chi connectivity index (χ1) is 13.9. The molecular weight excluding hydrogens is 391 g/mol. The van der Waals surface area contributed by atoms with Gasteiger partial charge in [-0.05, 0) is 67.6 Å². The largest absolute Gasteiger partial charge is 0.326 e. The summed E-state index contributed by atoms with van der Waals surface area (Å²) in [6.07, 6.45) is 4.71. The Morgan fingerprint density at radius 2 is 1.69 bits per heavy atom. The van der Waals surface area contributed by atoms with E-state index in [1.54, 1.807) is 41.6 Å². The number of hydrogen-bond donors (Lipinski definition) is 1. The van der Waals surface area contributed by atoms with Gasteiger partial charge in [0.1, 0.15) is 5.82 Å². The molecular formula is C22H27FN2O3S. The second kappa shape index (κ2) is 9.50. The minimum atomic E-state index is -3.46. The van der Waals surface area contributed by atoms with E-state index in [0.717, 1.165) is 31.2 Å². The van der Waals surface area contributed by atoms with E-state index in [-0.39, 0.29) is 18.1 Å². The Hall–Kier alpha value is -2.25. The summed E-state index contributed by atoms with van der Waals surface area (Å²) >= 11 is 0. The van der Waals surface area contributed by atoms with Gasteiger partial charge in [-0.25, -0.2) is 12.8 Å². The van der Waals surface area contributed by atoms with Crippen LogP contribution in [0.25, 0.3) is 0 Å². The Morgan fingerprint density at radius 1 is 1.03 bits per heavy atom. The molecule has 0 saturated carbocycles. The molecule has 7 heteroatoms. The third-order valence-electron chi connectivity index (χ3n) is 5.23. The van der Waals surface area contributed by atoms with Crippen molar-refractivity contribution in [2.45, 2.75) is 50.3 Å². The van der Waals surface area contributed by atoms with Crippen LogP contribution in [0.3, 0.4) is 0 Å². The summed E-state index contributed by atoms with van der Waals surface area (Å²) in [5.41, 5.74) is 2.16. The van der Waals surface area contributed by atoms with E-state index in [4.69, 9.17) is 0 Å². The second-order valence-electron chi connectivity index (χ2n) is 7.47. The molecule has 1 amide bonds. The van der Waals surface area contributed by atoms with E-state index in [9.17, 15) is 17.6 Å². The number of benzene rings is 2. The fourth-order valence-corrected chi connectivity index (χ4v) is 5.01. The smallest absolute Gasteiger partial charge is 0.243 e. The summed E-state index contributed by atoms with van der Waals surface area (Å²) in [6, 6.07) is 11.0. The molecule has 1 fully saturated rings. The maximum Gasteiger partial charge on any atom is 0.243 e. The molecule has 1 saturated heterocycles. The highest BCUT2D eigenvalue weighted by Crippen LogP contribution is 2.21. The zero-order chi connectivity index (χ0) is 20.9. The number of sulfonamides is 1. The number of nitrogens with one attached hydrogen (secondary N) is 1. The molecule has 0 aromatic heterocycles. The van der Waals surface area contributed by atoms with Gasteiger partial charge in [0.25, 0.3) is 0 Å². The Labute approximate surface area is 172 Å². The van der Waals surface area contributed by atoms with Crippen LogP contribution >= 0.6 is 0 Å². The second-order valence-corrected chi connectivity index (χ2v) is 9.41. The minimum absolute atomic E-state index is 0.166. The molecule has 1 aliphatic heterocycles. The van der Waals surface area contributed by atoms with E-state index in [1.807, 2.05) is 0 Å². The fourth-order valence-electron chi connectivity index (χ4n) is 3.50. The molecule has 29 heavy (non-hydrogen) atoms. The van der Waals surface area contributed by atoms with Crippen molar-refractivity contribution < 1.29 is 17.6 Å². The summed E-state index contributed by atoms with van der Waals surface area (Å²) in [7, 11) is -3.46. The highest BCUT2D eigenvalue weighted by molar-refractivity contribution is 7.89. The van der Waals surface area contributed by atoms with E-state index >= 15 is 0 Å². The number of carbonyl (C=O) groups is 1. The molecule has 0 unspecified atom stereocenters. The molecule has 0 bridgehead atoms. The lowest BCUT2D eigenvalue weighted by atomic mass is 10.1. The zero-order valence-electron chi connectivity index (χ0n) is 16.7. The van der Waals surface area contributed by atoms with Crippen molar-refractivity contribution in [1.82, 2.24) is 4.31 Å². The summed E-state index contributed by atoms with van der Waals surface area (Å²) in [4.78, 5) is 12.5. The Kier molecular flexibility index (Phi) is 7.03. The van der Waals surface area contributed by atoms with Gasteiger partial charge in [-0.2, -0.15) is 4.31 Å². The maximum atomic E-state index is 13.2. The molecule has 0 spiro atoms. The lowest BCUT2D eigenvalue weighted by molar-refractivity contribution is -0.116. The van der Waals surface area contributed by atoms with Crippen molar-refractivity contribution in [1.29, 1.82) is 0 Å². The molecule has 2 aromatic carbocycles. The van der Waals surface area contributed by atoms with Crippen molar-refractivity contribution in [3.05, 3.63) is 59.4 Å². The third kappa shape index (κ3) is 5.64. The standard InChI is InChI=1S/C22H27FN2O3S/c1-17-16-19(23)9-12-21(17)24-22(26)13-8-18-6-10-20(11-7-18)29(27,28)25-14-4-2-3-5-15-25/h6-7,9-12,16H,2-5,8,13-15H2,1H3,(H,24,26). The molecule has 0 radical (unpaired) electrons. The van der Waals surface area contributed by atoms with Crippen molar-refractivity contribution >= 4 is 21.6 Å². The summed E-state index contributed by atoms with van der Waals surface area (Å²) < 4.78 is 40.4. The van der Waals surface area contributed by atoms with Gasteiger partial charge in [-0.15, -0.1) is 0 Å². The van der Waals surface area contributed by atoms with Gasteiger partial charge >= 0.3 is 0 Å². The molecule has 1 heterocycles. The van der Waals surface area contributed by atoms with Gasteiger partial charge in [-0.1, -0.05) is 25.0 Å². The van der Waals surface area contributed by atoms with Crippen LogP contribution in [0.1, 0.15) is 43.2 Å². The molecule has 1 N–H and O–H groups in total. The number of halogens is 1. The number of amides is 1. The van der Waals surface area contributed by atoms with Crippen LogP contribution in [0, 0.1) is 12.7 Å². The Morgan fingerprint density at radius 3 is 2.31 bits per heavy atom.